The van der Waals surface area contributed by atoms with Gasteiger partial charge in [0, 0.05) is 19.0 Å². The van der Waals surface area contributed by atoms with Gasteiger partial charge in [0.15, 0.2) is 0 Å². The lowest BCUT2D eigenvalue weighted by atomic mass is 9.94. The molecule has 1 heterocycles. The van der Waals surface area contributed by atoms with Crippen LogP contribution in [0.2, 0.25) is 0 Å². The molecule has 5 nitrogen and oxygen atoms in total. The van der Waals surface area contributed by atoms with Gasteiger partial charge >= 0.3 is 0 Å². The van der Waals surface area contributed by atoms with Crippen molar-refractivity contribution in [1.82, 2.24) is 10.1 Å². The van der Waals surface area contributed by atoms with Crippen molar-refractivity contribution in [3.05, 3.63) is 17.0 Å². The molecule has 0 aromatic carbocycles. The van der Waals surface area contributed by atoms with E-state index in [9.17, 15) is 4.79 Å². The van der Waals surface area contributed by atoms with Gasteiger partial charge in [-0.3, -0.25) is 4.79 Å². The van der Waals surface area contributed by atoms with E-state index in [4.69, 9.17) is 10.3 Å². The van der Waals surface area contributed by atoms with Gasteiger partial charge in [-0.25, -0.2) is 0 Å². The fraction of sp³-hybridized carbons (Fsp3) is 0.733. The largest absolute Gasteiger partial charge is 0.361 e. The average Bonchev–Trinajstić information content (AvgIpc) is 2.68. The van der Waals surface area contributed by atoms with Crippen LogP contribution >= 0.6 is 0 Å². The second-order valence-corrected chi connectivity index (χ2v) is 5.99. The second kappa shape index (κ2) is 7.43. The van der Waals surface area contributed by atoms with Gasteiger partial charge < -0.3 is 15.2 Å². The maximum atomic E-state index is 12.3. The molecule has 1 aromatic heterocycles. The number of hydrogen-bond acceptors (Lipinski definition) is 4. The van der Waals surface area contributed by atoms with E-state index in [1.807, 2.05) is 20.9 Å². The van der Waals surface area contributed by atoms with Crippen LogP contribution in [0.5, 0.6) is 0 Å². The van der Waals surface area contributed by atoms with Gasteiger partial charge in [-0.1, -0.05) is 19.0 Å². The van der Waals surface area contributed by atoms with Crippen molar-refractivity contribution in [2.45, 2.75) is 47.1 Å². The standard InChI is InChI=1S/C15H27N3O2/c1-10(2)6-13(8-16)7-15(19)18(5)9-14-11(3)17-20-12(14)4/h10,13H,6-9,16H2,1-5H3. The predicted octanol–water partition coefficient (Wildman–Crippen LogP) is 2.26. The van der Waals surface area contributed by atoms with E-state index in [1.165, 1.54) is 0 Å². The van der Waals surface area contributed by atoms with E-state index >= 15 is 0 Å². The van der Waals surface area contributed by atoms with Crippen molar-refractivity contribution in [3.8, 4) is 0 Å². The molecule has 0 saturated heterocycles. The van der Waals surface area contributed by atoms with Gasteiger partial charge in [0.05, 0.1) is 12.2 Å². The normalized spacial score (nSPS) is 12.8. The SMILES string of the molecule is Cc1noc(C)c1CN(C)C(=O)CC(CN)CC(C)C. The molecule has 1 unspecified atom stereocenters. The molecule has 1 aromatic rings. The van der Waals surface area contributed by atoms with E-state index in [2.05, 4.69) is 19.0 Å². The first-order valence-electron chi connectivity index (χ1n) is 7.20. The predicted molar refractivity (Wildman–Crippen MR) is 79.1 cm³/mol. The van der Waals surface area contributed by atoms with E-state index in [0.717, 1.165) is 23.4 Å². The Bertz CT molecular complexity index is 421. The van der Waals surface area contributed by atoms with Crippen LogP contribution in [0.25, 0.3) is 0 Å². The first-order valence-corrected chi connectivity index (χ1v) is 7.20. The molecule has 5 heteroatoms. The van der Waals surface area contributed by atoms with Gasteiger partial charge in [0.1, 0.15) is 5.76 Å². The number of rotatable bonds is 7. The van der Waals surface area contributed by atoms with Gasteiger partial charge in [-0.05, 0) is 38.6 Å². The molecule has 114 valence electrons. The minimum absolute atomic E-state index is 0.126. The number of amides is 1. The van der Waals surface area contributed by atoms with Crippen molar-refractivity contribution in [1.29, 1.82) is 0 Å². The molecule has 0 aliphatic heterocycles. The molecule has 0 aliphatic rings. The minimum Gasteiger partial charge on any atom is -0.361 e. The summed E-state index contributed by atoms with van der Waals surface area (Å²) < 4.78 is 5.12. The van der Waals surface area contributed by atoms with Crippen molar-refractivity contribution in [2.75, 3.05) is 13.6 Å². The average molecular weight is 281 g/mol. The zero-order valence-corrected chi connectivity index (χ0v) is 13.3. The Labute approximate surface area is 121 Å². The molecule has 1 atom stereocenters. The Kier molecular flexibility index (Phi) is 6.20. The highest BCUT2D eigenvalue weighted by Gasteiger charge is 2.19. The van der Waals surface area contributed by atoms with Crippen LogP contribution in [0.3, 0.4) is 0 Å². The number of aryl methyl sites for hydroxylation is 2. The monoisotopic (exact) mass is 281 g/mol. The van der Waals surface area contributed by atoms with Crippen LogP contribution in [0.4, 0.5) is 0 Å². The molecular formula is C15H27N3O2. The minimum atomic E-state index is 0.126. The zero-order valence-electron chi connectivity index (χ0n) is 13.3. The highest BCUT2D eigenvalue weighted by molar-refractivity contribution is 5.76. The van der Waals surface area contributed by atoms with Gasteiger partial charge in [0.25, 0.3) is 0 Å². The smallest absolute Gasteiger partial charge is 0.222 e. The van der Waals surface area contributed by atoms with Crippen LogP contribution in [0.1, 0.15) is 43.7 Å². The lowest BCUT2D eigenvalue weighted by Crippen LogP contribution is -2.30. The molecule has 20 heavy (non-hydrogen) atoms. The maximum absolute atomic E-state index is 12.3. The molecule has 0 bridgehead atoms. The number of hydrogen-bond donors (Lipinski definition) is 1. The van der Waals surface area contributed by atoms with Crippen molar-refractivity contribution < 1.29 is 9.32 Å². The summed E-state index contributed by atoms with van der Waals surface area (Å²) in [7, 11) is 1.82. The van der Waals surface area contributed by atoms with E-state index < -0.39 is 0 Å². The van der Waals surface area contributed by atoms with E-state index in [1.54, 1.807) is 4.90 Å². The lowest BCUT2D eigenvalue weighted by molar-refractivity contribution is -0.131. The van der Waals surface area contributed by atoms with Crippen molar-refractivity contribution >= 4 is 5.91 Å². The van der Waals surface area contributed by atoms with Gasteiger partial charge in [-0.2, -0.15) is 0 Å². The van der Waals surface area contributed by atoms with Crippen LogP contribution < -0.4 is 5.73 Å². The van der Waals surface area contributed by atoms with Gasteiger partial charge in [0.2, 0.25) is 5.91 Å². The highest BCUT2D eigenvalue weighted by Crippen LogP contribution is 2.18. The molecule has 0 fully saturated rings. The Balaban J connectivity index is 2.58. The third kappa shape index (κ3) is 4.63. The summed E-state index contributed by atoms with van der Waals surface area (Å²) in [6.07, 6.45) is 1.50. The Morgan fingerprint density at radius 2 is 2.05 bits per heavy atom. The molecule has 2 N–H and O–H groups in total. The Morgan fingerprint density at radius 1 is 1.40 bits per heavy atom. The van der Waals surface area contributed by atoms with Gasteiger partial charge in [-0.15, -0.1) is 0 Å². The topological polar surface area (TPSA) is 72.4 Å². The van der Waals surface area contributed by atoms with Crippen molar-refractivity contribution in [2.24, 2.45) is 17.6 Å². The fourth-order valence-electron chi connectivity index (χ4n) is 2.39. The summed E-state index contributed by atoms with van der Waals surface area (Å²) in [6.45, 7) is 9.17. The first kappa shape index (κ1) is 16.7. The molecule has 0 aliphatic carbocycles. The quantitative estimate of drug-likeness (QED) is 0.832. The Hall–Kier alpha value is -1.36. The van der Waals surface area contributed by atoms with E-state index in [0.29, 0.717) is 25.4 Å². The molecule has 0 saturated carbocycles. The number of carbonyl (C=O) groups is 1. The summed E-state index contributed by atoms with van der Waals surface area (Å²) in [4.78, 5) is 14.0. The number of nitrogens with two attached hydrogens (primary N) is 1. The molecular weight excluding hydrogens is 254 g/mol. The highest BCUT2D eigenvalue weighted by atomic mass is 16.5. The number of aromatic nitrogens is 1. The maximum Gasteiger partial charge on any atom is 0.222 e. The van der Waals surface area contributed by atoms with E-state index in [-0.39, 0.29) is 11.8 Å². The third-order valence-electron chi connectivity index (χ3n) is 3.60. The molecule has 1 amide bonds. The first-order chi connectivity index (χ1) is 9.35. The zero-order chi connectivity index (χ0) is 15.3. The number of nitrogens with zero attached hydrogens (tertiary/aromatic N) is 2. The third-order valence-corrected chi connectivity index (χ3v) is 3.60. The summed E-state index contributed by atoms with van der Waals surface area (Å²) in [5.74, 6) is 1.72. The summed E-state index contributed by atoms with van der Waals surface area (Å²) >= 11 is 0. The summed E-state index contributed by atoms with van der Waals surface area (Å²) in [5, 5.41) is 3.91. The molecule has 1 rings (SSSR count). The van der Waals surface area contributed by atoms with Crippen LogP contribution in [0, 0.1) is 25.7 Å². The molecule has 0 radical (unpaired) electrons. The summed E-state index contributed by atoms with van der Waals surface area (Å²) in [6, 6.07) is 0. The van der Waals surface area contributed by atoms with Crippen LogP contribution in [0.15, 0.2) is 4.52 Å². The number of carbonyl (C=O) groups excluding carboxylic acids is 1. The molecule has 0 spiro atoms. The van der Waals surface area contributed by atoms with Crippen molar-refractivity contribution in [3.63, 3.8) is 0 Å². The fourth-order valence-corrected chi connectivity index (χ4v) is 2.39. The lowest BCUT2D eigenvalue weighted by Gasteiger charge is -2.21. The summed E-state index contributed by atoms with van der Waals surface area (Å²) in [5.41, 5.74) is 7.60. The second-order valence-electron chi connectivity index (χ2n) is 5.99. The Morgan fingerprint density at radius 3 is 2.50 bits per heavy atom. The van der Waals surface area contributed by atoms with Crippen LogP contribution in [-0.2, 0) is 11.3 Å². The van der Waals surface area contributed by atoms with Crippen LogP contribution in [-0.4, -0.2) is 29.6 Å².